The van der Waals surface area contributed by atoms with E-state index < -0.39 is 10.0 Å². The monoisotopic (exact) mass is 372 g/mol. The van der Waals surface area contributed by atoms with E-state index in [1.807, 2.05) is 31.2 Å². The molecule has 0 saturated carbocycles. The average Bonchev–Trinajstić information content (AvgIpc) is 3.09. The first kappa shape index (κ1) is 17.1. The predicted octanol–water partition coefficient (Wildman–Crippen LogP) is 4.73. The van der Waals surface area contributed by atoms with E-state index in [9.17, 15) is 8.42 Å². The van der Waals surface area contributed by atoms with Gasteiger partial charge in [-0.1, -0.05) is 48.0 Å². The number of rotatable bonds is 3. The van der Waals surface area contributed by atoms with Crippen molar-refractivity contribution >= 4 is 20.9 Å². The minimum absolute atomic E-state index is 0.240. The Bertz CT molecular complexity index is 1280. The van der Waals surface area contributed by atoms with Crippen molar-refractivity contribution in [2.75, 3.05) is 0 Å². The Hall–Kier alpha value is -3.36. The molecule has 0 fully saturated rings. The van der Waals surface area contributed by atoms with Crippen LogP contribution in [0.5, 0.6) is 0 Å². The van der Waals surface area contributed by atoms with Gasteiger partial charge >= 0.3 is 0 Å². The Labute approximate surface area is 158 Å². The van der Waals surface area contributed by atoms with Gasteiger partial charge in [-0.05, 0) is 48.9 Å². The Kier molecular flexibility index (Phi) is 4.06. The van der Waals surface area contributed by atoms with Gasteiger partial charge in [-0.3, -0.25) is 0 Å². The zero-order valence-corrected chi connectivity index (χ0v) is 15.4. The number of aromatic nitrogens is 1. The SMILES string of the molecule is Cc1ccc(S(=O)(=O)n2c(-c3ccc(C#N)cc3)cc3ccccc32)cc1. The molecule has 3 aromatic carbocycles. The molecule has 4 rings (SSSR count). The van der Waals surface area contributed by atoms with E-state index in [0.717, 1.165) is 16.5 Å². The molecule has 0 atom stereocenters. The van der Waals surface area contributed by atoms with Gasteiger partial charge in [0.15, 0.2) is 0 Å². The summed E-state index contributed by atoms with van der Waals surface area (Å²) < 4.78 is 28.3. The standard InChI is InChI=1S/C22H16N2O2S/c1-16-6-12-20(13-7-16)27(25,26)24-21-5-3-2-4-19(21)14-22(24)18-10-8-17(15-23)9-11-18/h2-14H,1H3. The van der Waals surface area contributed by atoms with E-state index in [-0.39, 0.29) is 4.90 Å². The number of nitriles is 1. The van der Waals surface area contributed by atoms with E-state index in [0.29, 0.717) is 16.8 Å². The maximum Gasteiger partial charge on any atom is 0.268 e. The number of benzene rings is 3. The third kappa shape index (κ3) is 2.90. The van der Waals surface area contributed by atoms with Gasteiger partial charge in [-0.2, -0.15) is 5.26 Å². The van der Waals surface area contributed by atoms with Crippen molar-refractivity contribution < 1.29 is 8.42 Å². The summed E-state index contributed by atoms with van der Waals surface area (Å²) in [5, 5.41) is 9.86. The average molecular weight is 372 g/mol. The third-order valence-corrected chi connectivity index (χ3v) is 6.28. The van der Waals surface area contributed by atoms with Crippen molar-refractivity contribution in [2.45, 2.75) is 11.8 Å². The number of nitrogens with zero attached hydrogens (tertiary/aromatic N) is 2. The summed E-state index contributed by atoms with van der Waals surface area (Å²) in [5.41, 5.74) is 3.46. The smallest absolute Gasteiger partial charge is 0.233 e. The molecule has 0 radical (unpaired) electrons. The molecular weight excluding hydrogens is 356 g/mol. The highest BCUT2D eigenvalue weighted by Gasteiger charge is 2.23. The molecule has 4 aromatic rings. The number of para-hydroxylation sites is 1. The number of fused-ring (bicyclic) bond motifs is 1. The Morgan fingerprint density at radius 2 is 1.56 bits per heavy atom. The summed E-state index contributed by atoms with van der Waals surface area (Å²) in [6.07, 6.45) is 0. The minimum atomic E-state index is -3.78. The highest BCUT2D eigenvalue weighted by atomic mass is 32.2. The molecule has 0 amide bonds. The van der Waals surface area contributed by atoms with Crippen LogP contribution in [0.3, 0.4) is 0 Å². The number of hydrogen-bond donors (Lipinski definition) is 0. The van der Waals surface area contributed by atoms with Gasteiger partial charge in [0.05, 0.1) is 27.7 Å². The van der Waals surface area contributed by atoms with Crippen LogP contribution in [0.4, 0.5) is 0 Å². The fourth-order valence-electron chi connectivity index (χ4n) is 3.12. The lowest BCUT2D eigenvalue weighted by atomic mass is 10.1. The molecule has 1 aromatic heterocycles. The molecule has 1 heterocycles. The molecule has 5 heteroatoms. The van der Waals surface area contributed by atoms with E-state index in [2.05, 4.69) is 6.07 Å². The summed E-state index contributed by atoms with van der Waals surface area (Å²) in [7, 11) is -3.78. The van der Waals surface area contributed by atoms with E-state index in [4.69, 9.17) is 5.26 Å². The lowest BCUT2D eigenvalue weighted by Gasteiger charge is -2.12. The van der Waals surface area contributed by atoms with Crippen LogP contribution in [0.25, 0.3) is 22.2 Å². The molecule has 0 unspecified atom stereocenters. The molecule has 0 aliphatic rings. The van der Waals surface area contributed by atoms with Crippen LogP contribution >= 0.6 is 0 Å². The highest BCUT2D eigenvalue weighted by molar-refractivity contribution is 7.90. The van der Waals surface area contributed by atoms with E-state index in [1.165, 1.54) is 3.97 Å². The van der Waals surface area contributed by atoms with E-state index in [1.54, 1.807) is 54.6 Å². The first-order valence-electron chi connectivity index (χ1n) is 8.44. The van der Waals surface area contributed by atoms with Gasteiger partial charge in [0.25, 0.3) is 10.0 Å². The minimum Gasteiger partial charge on any atom is -0.233 e. The van der Waals surface area contributed by atoms with Crippen molar-refractivity contribution in [1.82, 2.24) is 3.97 Å². The van der Waals surface area contributed by atoms with Crippen LogP contribution in [0.15, 0.2) is 83.8 Å². The quantitative estimate of drug-likeness (QED) is 0.522. The van der Waals surface area contributed by atoms with Crippen LogP contribution in [-0.4, -0.2) is 12.4 Å². The van der Waals surface area contributed by atoms with Gasteiger partial charge in [-0.15, -0.1) is 0 Å². The molecule has 0 spiro atoms. The van der Waals surface area contributed by atoms with Gasteiger partial charge < -0.3 is 0 Å². The predicted molar refractivity (Wildman–Crippen MR) is 106 cm³/mol. The second kappa shape index (κ2) is 6.42. The van der Waals surface area contributed by atoms with Crippen LogP contribution in [0, 0.1) is 18.3 Å². The Morgan fingerprint density at radius 3 is 2.22 bits per heavy atom. The summed E-state index contributed by atoms with van der Waals surface area (Å²) in [4.78, 5) is 0.240. The third-order valence-electron chi connectivity index (χ3n) is 4.54. The van der Waals surface area contributed by atoms with Crippen LogP contribution in [-0.2, 0) is 10.0 Å². The van der Waals surface area contributed by atoms with Gasteiger partial charge in [0.1, 0.15) is 0 Å². The molecule has 132 valence electrons. The summed E-state index contributed by atoms with van der Waals surface area (Å²) in [6.45, 7) is 1.92. The summed E-state index contributed by atoms with van der Waals surface area (Å²) in [6, 6.07) is 25.1. The maximum atomic E-state index is 13.4. The first-order valence-corrected chi connectivity index (χ1v) is 9.88. The second-order valence-electron chi connectivity index (χ2n) is 6.36. The Balaban J connectivity index is 2.01. The largest absolute Gasteiger partial charge is 0.268 e. The van der Waals surface area contributed by atoms with Gasteiger partial charge in [0.2, 0.25) is 0 Å². The molecule has 0 aliphatic heterocycles. The van der Waals surface area contributed by atoms with Crippen LogP contribution in [0.1, 0.15) is 11.1 Å². The molecular formula is C22H16N2O2S. The normalized spacial score (nSPS) is 11.4. The lowest BCUT2D eigenvalue weighted by Crippen LogP contribution is -2.14. The number of aryl methyl sites for hydroxylation is 1. The van der Waals surface area contributed by atoms with Crippen LogP contribution in [0.2, 0.25) is 0 Å². The van der Waals surface area contributed by atoms with Crippen molar-refractivity contribution in [1.29, 1.82) is 5.26 Å². The van der Waals surface area contributed by atoms with Crippen LogP contribution < -0.4 is 0 Å². The summed E-state index contributed by atoms with van der Waals surface area (Å²) in [5.74, 6) is 0. The zero-order valence-electron chi connectivity index (χ0n) is 14.6. The fourth-order valence-corrected chi connectivity index (χ4v) is 4.65. The second-order valence-corrected chi connectivity index (χ2v) is 8.15. The van der Waals surface area contributed by atoms with Crippen molar-refractivity contribution in [3.05, 3.63) is 90.0 Å². The molecule has 0 N–H and O–H groups in total. The lowest BCUT2D eigenvalue weighted by molar-refractivity contribution is 0.589. The fraction of sp³-hybridized carbons (Fsp3) is 0.0455. The van der Waals surface area contributed by atoms with Crippen molar-refractivity contribution in [2.24, 2.45) is 0 Å². The molecule has 0 aliphatic carbocycles. The van der Waals surface area contributed by atoms with Gasteiger partial charge in [0, 0.05) is 5.39 Å². The zero-order chi connectivity index (χ0) is 19.0. The molecule has 0 saturated heterocycles. The first-order chi connectivity index (χ1) is 13.0. The summed E-state index contributed by atoms with van der Waals surface area (Å²) >= 11 is 0. The highest BCUT2D eigenvalue weighted by Crippen LogP contribution is 2.32. The van der Waals surface area contributed by atoms with Crippen molar-refractivity contribution in [3.8, 4) is 17.3 Å². The Morgan fingerprint density at radius 1 is 0.889 bits per heavy atom. The van der Waals surface area contributed by atoms with E-state index >= 15 is 0 Å². The molecule has 4 nitrogen and oxygen atoms in total. The van der Waals surface area contributed by atoms with Gasteiger partial charge in [-0.25, -0.2) is 12.4 Å². The topological polar surface area (TPSA) is 62.9 Å². The maximum absolute atomic E-state index is 13.4. The number of hydrogen-bond acceptors (Lipinski definition) is 3. The van der Waals surface area contributed by atoms with Crippen molar-refractivity contribution in [3.63, 3.8) is 0 Å². The molecule has 0 bridgehead atoms. The molecule has 27 heavy (non-hydrogen) atoms.